The first-order chi connectivity index (χ1) is 13.1. The third-order valence-corrected chi connectivity index (χ3v) is 4.35. The predicted molar refractivity (Wildman–Crippen MR) is 106 cm³/mol. The lowest BCUT2D eigenvalue weighted by molar-refractivity contribution is 0.102. The maximum absolute atomic E-state index is 12.8. The summed E-state index contributed by atoms with van der Waals surface area (Å²) in [5.74, 6) is 0.801. The molecule has 0 aliphatic heterocycles. The molecule has 1 heterocycles. The quantitative estimate of drug-likeness (QED) is 0.610. The molecule has 0 aliphatic rings. The fourth-order valence-electron chi connectivity index (χ4n) is 2.50. The second-order valence-corrected chi connectivity index (χ2v) is 6.50. The van der Waals surface area contributed by atoms with Crippen molar-refractivity contribution in [1.29, 1.82) is 0 Å². The Balaban J connectivity index is 1.88. The molecule has 0 spiro atoms. The normalized spacial score (nSPS) is 10.5. The molecule has 3 rings (SSSR count). The van der Waals surface area contributed by atoms with Crippen LogP contribution in [0.4, 0.5) is 5.69 Å². The SMILES string of the molecule is CCCOc1c(Br)cc(C(=O)Nc2ccccc2-n2cncn2)cc1OC. The molecular formula is C19H19BrN4O3. The average molecular weight is 431 g/mol. The second-order valence-electron chi connectivity index (χ2n) is 5.65. The van der Waals surface area contributed by atoms with E-state index >= 15 is 0 Å². The molecule has 1 aromatic heterocycles. The van der Waals surface area contributed by atoms with E-state index in [-0.39, 0.29) is 5.91 Å². The number of ether oxygens (including phenoxy) is 2. The van der Waals surface area contributed by atoms with Crippen LogP contribution >= 0.6 is 15.9 Å². The van der Waals surface area contributed by atoms with Gasteiger partial charge >= 0.3 is 0 Å². The lowest BCUT2D eigenvalue weighted by atomic mass is 10.1. The number of amides is 1. The summed E-state index contributed by atoms with van der Waals surface area (Å²) in [7, 11) is 1.54. The van der Waals surface area contributed by atoms with Crippen molar-refractivity contribution in [1.82, 2.24) is 14.8 Å². The van der Waals surface area contributed by atoms with E-state index in [0.717, 1.165) is 12.1 Å². The van der Waals surface area contributed by atoms with Gasteiger partial charge in [-0.25, -0.2) is 9.67 Å². The molecule has 140 valence electrons. The minimum atomic E-state index is -0.274. The van der Waals surface area contributed by atoms with Crippen molar-refractivity contribution in [3.05, 3.63) is 59.1 Å². The summed E-state index contributed by atoms with van der Waals surface area (Å²) in [5.41, 5.74) is 1.78. The molecule has 0 fully saturated rings. The zero-order valence-electron chi connectivity index (χ0n) is 15.0. The molecular weight excluding hydrogens is 412 g/mol. The van der Waals surface area contributed by atoms with Gasteiger partial charge in [-0.3, -0.25) is 4.79 Å². The Labute approximate surface area is 165 Å². The van der Waals surface area contributed by atoms with E-state index < -0.39 is 0 Å². The molecule has 27 heavy (non-hydrogen) atoms. The molecule has 0 radical (unpaired) electrons. The molecule has 8 heteroatoms. The van der Waals surface area contributed by atoms with Gasteiger partial charge in [-0.1, -0.05) is 19.1 Å². The van der Waals surface area contributed by atoms with Gasteiger partial charge in [-0.15, -0.1) is 0 Å². The summed E-state index contributed by atoms with van der Waals surface area (Å²) >= 11 is 3.46. The van der Waals surface area contributed by atoms with Gasteiger partial charge in [0.15, 0.2) is 11.5 Å². The molecule has 0 bridgehead atoms. The molecule has 0 aliphatic carbocycles. The molecule has 1 amide bonds. The van der Waals surface area contributed by atoms with Crippen LogP contribution in [0.15, 0.2) is 53.5 Å². The fraction of sp³-hybridized carbons (Fsp3) is 0.211. The van der Waals surface area contributed by atoms with Gasteiger partial charge in [0.2, 0.25) is 0 Å². The summed E-state index contributed by atoms with van der Waals surface area (Å²) in [4.78, 5) is 16.8. The smallest absolute Gasteiger partial charge is 0.255 e. The van der Waals surface area contributed by atoms with E-state index in [1.54, 1.807) is 36.3 Å². The Kier molecular flexibility index (Phi) is 6.08. The Morgan fingerprint density at radius 1 is 1.30 bits per heavy atom. The predicted octanol–water partition coefficient (Wildman–Crippen LogP) is 4.08. The molecule has 7 nitrogen and oxygen atoms in total. The molecule has 2 aromatic carbocycles. The fourth-order valence-corrected chi connectivity index (χ4v) is 3.06. The first-order valence-corrected chi connectivity index (χ1v) is 9.19. The van der Waals surface area contributed by atoms with Crippen LogP contribution in [0.2, 0.25) is 0 Å². The molecule has 0 saturated carbocycles. The van der Waals surface area contributed by atoms with Crippen LogP contribution in [0.1, 0.15) is 23.7 Å². The van der Waals surface area contributed by atoms with Crippen LogP contribution in [-0.4, -0.2) is 34.4 Å². The van der Waals surface area contributed by atoms with Gasteiger partial charge in [0.05, 0.1) is 29.6 Å². The zero-order chi connectivity index (χ0) is 19.2. The Morgan fingerprint density at radius 3 is 2.81 bits per heavy atom. The molecule has 0 saturated heterocycles. The molecule has 0 atom stereocenters. The van der Waals surface area contributed by atoms with Crippen molar-refractivity contribution in [2.45, 2.75) is 13.3 Å². The number of carbonyl (C=O) groups is 1. The zero-order valence-corrected chi connectivity index (χ0v) is 16.6. The first kappa shape index (κ1) is 18.9. The summed E-state index contributed by atoms with van der Waals surface area (Å²) < 4.78 is 13.3. The molecule has 0 unspecified atom stereocenters. The van der Waals surface area contributed by atoms with Crippen LogP contribution in [0, 0.1) is 0 Å². The maximum Gasteiger partial charge on any atom is 0.255 e. The standard InChI is InChI=1S/C19H19BrN4O3/c1-3-8-27-18-14(20)9-13(10-17(18)26-2)19(25)23-15-6-4-5-7-16(15)24-12-21-11-22-24/h4-7,9-12H,3,8H2,1-2H3,(H,23,25). The average Bonchev–Trinajstić information content (AvgIpc) is 3.21. The third-order valence-electron chi connectivity index (χ3n) is 3.76. The largest absolute Gasteiger partial charge is 0.493 e. The number of aromatic nitrogens is 3. The van der Waals surface area contributed by atoms with Crippen molar-refractivity contribution >= 4 is 27.5 Å². The van der Waals surface area contributed by atoms with E-state index in [9.17, 15) is 4.79 Å². The highest BCUT2D eigenvalue weighted by atomic mass is 79.9. The Bertz CT molecular complexity index is 929. The van der Waals surface area contributed by atoms with Gasteiger partial charge in [0.25, 0.3) is 5.91 Å². The summed E-state index contributed by atoms with van der Waals surface area (Å²) in [6.45, 7) is 2.58. The third kappa shape index (κ3) is 4.28. The molecule has 1 N–H and O–H groups in total. The summed E-state index contributed by atoms with van der Waals surface area (Å²) in [6, 6.07) is 10.7. The summed E-state index contributed by atoms with van der Waals surface area (Å²) in [5, 5.41) is 7.03. The van der Waals surface area contributed by atoms with E-state index in [0.29, 0.717) is 33.8 Å². The van der Waals surface area contributed by atoms with Gasteiger partial charge in [0, 0.05) is 5.56 Å². The number of hydrogen-bond donors (Lipinski definition) is 1. The van der Waals surface area contributed by atoms with Crippen molar-refractivity contribution in [3.8, 4) is 17.2 Å². The van der Waals surface area contributed by atoms with Crippen LogP contribution in [0.25, 0.3) is 5.69 Å². The number of carbonyl (C=O) groups excluding carboxylic acids is 1. The van der Waals surface area contributed by atoms with Crippen LogP contribution in [0.3, 0.4) is 0 Å². The number of methoxy groups -OCH3 is 1. The topological polar surface area (TPSA) is 78.3 Å². The maximum atomic E-state index is 12.8. The number of rotatable bonds is 7. The van der Waals surface area contributed by atoms with E-state index in [2.05, 4.69) is 31.3 Å². The van der Waals surface area contributed by atoms with E-state index in [1.165, 1.54) is 6.33 Å². The minimum Gasteiger partial charge on any atom is -0.493 e. The lowest BCUT2D eigenvalue weighted by Gasteiger charge is -2.15. The number of anilines is 1. The second kappa shape index (κ2) is 8.68. The highest BCUT2D eigenvalue weighted by molar-refractivity contribution is 9.10. The number of para-hydroxylation sites is 2. The Hall–Kier alpha value is -2.87. The number of nitrogens with one attached hydrogen (secondary N) is 1. The first-order valence-electron chi connectivity index (χ1n) is 8.39. The monoisotopic (exact) mass is 430 g/mol. The van der Waals surface area contributed by atoms with Gasteiger partial charge in [0.1, 0.15) is 12.7 Å². The number of hydrogen-bond acceptors (Lipinski definition) is 5. The van der Waals surface area contributed by atoms with Crippen LogP contribution in [0.5, 0.6) is 11.5 Å². The highest BCUT2D eigenvalue weighted by Gasteiger charge is 2.17. The number of halogens is 1. The van der Waals surface area contributed by atoms with E-state index in [4.69, 9.17) is 9.47 Å². The summed E-state index contributed by atoms with van der Waals surface area (Å²) in [6.07, 6.45) is 3.89. The van der Waals surface area contributed by atoms with Crippen LogP contribution in [-0.2, 0) is 0 Å². The number of benzene rings is 2. The molecule has 3 aromatic rings. The Morgan fingerprint density at radius 2 is 2.11 bits per heavy atom. The van der Waals surface area contributed by atoms with Gasteiger partial charge < -0.3 is 14.8 Å². The van der Waals surface area contributed by atoms with Crippen molar-refractivity contribution in [3.63, 3.8) is 0 Å². The van der Waals surface area contributed by atoms with Gasteiger partial charge in [-0.05, 0) is 46.6 Å². The van der Waals surface area contributed by atoms with Crippen LogP contribution < -0.4 is 14.8 Å². The van der Waals surface area contributed by atoms with Crippen molar-refractivity contribution in [2.75, 3.05) is 19.0 Å². The van der Waals surface area contributed by atoms with Crippen molar-refractivity contribution in [2.24, 2.45) is 0 Å². The highest BCUT2D eigenvalue weighted by Crippen LogP contribution is 2.37. The van der Waals surface area contributed by atoms with Crippen molar-refractivity contribution < 1.29 is 14.3 Å². The van der Waals surface area contributed by atoms with Gasteiger partial charge in [-0.2, -0.15) is 5.10 Å². The number of nitrogens with zero attached hydrogens (tertiary/aromatic N) is 3. The lowest BCUT2D eigenvalue weighted by Crippen LogP contribution is -2.14. The van der Waals surface area contributed by atoms with E-state index in [1.807, 2.05) is 25.1 Å². The minimum absolute atomic E-state index is 0.274.